The lowest BCUT2D eigenvalue weighted by Gasteiger charge is -2.01. The lowest BCUT2D eigenvalue weighted by Crippen LogP contribution is -2.16. The Hall–Kier alpha value is -0.483. The second-order valence-corrected chi connectivity index (χ2v) is 8.46. The van der Waals surface area contributed by atoms with E-state index in [4.69, 9.17) is 0 Å². The van der Waals surface area contributed by atoms with E-state index in [2.05, 4.69) is 44.1 Å². The number of unbranched alkanes of at least 4 members (excludes halogenated alkanes) is 1. The van der Waals surface area contributed by atoms with Crippen molar-refractivity contribution in [2.45, 2.75) is 39.4 Å². The molecule has 0 saturated carbocycles. The van der Waals surface area contributed by atoms with Gasteiger partial charge in [-0.1, -0.05) is 45.0 Å². The van der Waals surface area contributed by atoms with Gasteiger partial charge in [-0.05, 0) is 12.5 Å². The third-order valence-electron chi connectivity index (χ3n) is 1.10. The Kier molecular flexibility index (Phi) is 4.98. The van der Waals surface area contributed by atoms with Crippen LogP contribution >= 0.6 is 0 Å². The zero-order valence-electron chi connectivity index (χ0n) is 8.07. The van der Waals surface area contributed by atoms with Gasteiger partial charge in [-0.25, -0.2) is 0 Å². The van der Waals surface area contributed by atoms with Crippen LogP contribution in [0.2, 0.25) is 19.6 Å². The molecule has 0 aliphatic heterocycles. The van der Waals surface area contributed by atoms with E-state index >= 15 is 0 Å². The van der Waals surface area contributed by atoms with Gasteiger partial charge in [-0.2, -0.15) is 0 Å². The number of rotatable bonds is 2. The Labute approximate surface area is 71.7 Å². The molecule has 0 amide bonds. The zero-order valence-corrected chi connectivity index (χ0v) is 9.07. The van der Waals surface area contributed by atoms with Gasteiger partial charge in [0.2, 0.25) is 0 Å². The van der Waals surface area contributed by atoms with Crippen LogP contribution in [-0.4, -0.2) is 8.07 Å². The molecule has 0 aromatic rings. The topological polar surface area (TPSA) is 0 Å². The summed E-state index contributed by atoms with van der Waals surface area (Å²) >= 11 is 0. The van der Waals surface area contributed by atoms with E-state index in [1.54, 1.807) is 0 Å². The minimum absolute atomic E-state index is 1.13. The van der Waals surface area contributed by atoms with Gasteiger partial charge in [0.15, 0.2) is 0 Å². The fourth-order valence-electron chi connectivity index (χ4n) is 0.567. The smallest absolute Gasteiger partial charge is 0.127 e. The van der Waals surface area contributed by atoms with Gasteiger partial charge in [0.1, 0.15) is 8.07 Å². The summed E-state index contributed by atoms with van der Waals surface area (Å²) in [7, 11) is -1.13. The maximum absolute atomic E-state index is 3.28. The highest BCUT2D eigenvalue weighted by atomic mass is 28.3. The van der Waals surface area contributed by atoms with Crippen molar-refractivity contribution in [2.75, 3.05) is 0 Å². The van der Waals surface area contributed by atoms with Gasteiger partial charge in [-0.3, -0.25) is 0 Å². The third-order valence-corrected chi connectivity index (χ3v) is 2.00. The largest absolute Gasteiger partial charge is 0.129 e. The van der Waals surface area contributed by atoms with Crippen molar-refractivity contribution < 1.29 is 0 Å². The Morgan fingerprint density at radius 1 is 1.27 bits per heavy atom. The van der Waals surface area contributed by atoms with Crippen LogP contribution in [0.3, 0.4) is 0 Å². The summed E-state index contributed by atoms with van der Waals surface area (Å²) in [5.41, 5.74) is 3.28. The maximum atomic E-state index is 3.28. The molecule has 0 aliphatic rings. The summed E-state index contributed by atoms with van der Waals surface area (Å²) in [6.07, 6.45) is 6.50. The molecule has 0 N–H and O–H groups in total. The van der Waals surface area contributed by atoms with Crippen molar-refractivity contribution in [3.63, 3.8) is 0 Å². The van der Waals surface area contributed by atoms with E-state index in [9.17, 15) is 0 Å². The van der Waals surface area contributed by atoms with E-state index < -0.39 is 8.07 Å². The first-order valence-electron chi connectivity index (χ1n) is 4.24. The molecule has 0 radical (unpaired) electrons. The fourth-order valence-corrected chi connectivity index (χ4v) is 1.08. The third kappa shape index (κ3) is 9.52. The van der Waals surface area contributed by atoms with Gasteiger partial charge < -0.3 is 0 Å². The minimum Gasteiger partial charge on any atom is -0.127 e. The van der Waals surface area contributed by atoms with E-state index in [1.807, 2.05) is 6.08 Å². The molecule has 11 heavy (non-hydrogen) atoms. The summed E-state index contributed by atoms with van der Waals surface area (Å²) in [5.74, 6) is 3.09. The van der Waals surface area contributed by atoms with Gasteiger partial charge in [-0.15, -0.1) is 5.54 Å². The van der Waals surface area contributed by atoms with E-state index in [0.29, 0.717) is 0 Å². The molecule has 0 aliphatic carbocycles. The second kappa shape index (κ2) is 5.20. The van der Waals surface area contributed by atoms with Crippen LogP contribution in [0.25, 0.3) is 0 Å². The van der Waals surface area contributed by atoms with Gasteiger partial charge >= 0.3 is 0 Å². The molecule has 0 rings (SSSR count). The standard InChI is InChI=1S/C10H18Si/c1-5-6-7-8-9-10-11(2,3)4/h7-8H,5-6H2,1-4H3. The molecule has 0 unspecified atom stereocenters. The molecular formula is C10H18Si. The van der Waals surface area contributed by atoms with Crippen molar-refractivity contribution in [1.82, 2.24) is 0 Å². The molecule has 0 heterocycles. The SMILES string of the molecule is CCCC=CC#C[Si](C)(C)C. The molecule has 1 heteroatoms. The molecular weight excluding hydrogens is 148 g/mol. The van der Waals surface area contributed by atoms with E-state index in [0.717, 1.165) is 6.42 Å². The monoisotopic (exact) mass is 166 g/mol. The molecule has 0 saturated heterocycles. The van der Waals surface area contributed by atoms with E-state index in [-0.39, 0.29) is 0 Å². The highest BCUT2D eigenvalue weighted by Crippen LogP contribution is 1.96. The van der Waals surface area contributed by atoms with Crippen LogP contribution in [0.1, 0.15) is 19.8 Å². The lowest BCUT2D eigenvalue weighted by molar-refractivity contribution is 0.959. The first kappa shape index (κ1) is 10.5. The number of hydrogen-bond acceptors (Lipinski definition) is 0. The average Bonchev–Trinajstić information content (AvgIpc) is 1.85. The molecule has 0 spiro atoms. The van der Waals surface area contributed by atoms with Crippen molar-refractivity contribution in [2.24, 2.45) is 0 Å². The fraction of sp³-hybridized carbons (Fsp3) is 0.600. The normalized spacial score (nSPS) is 11.3. The van der Waals surface area contributed by atoms with Crippen LogP contribution in [0, 0.1) is 11.5 Å². The first-order chi connectivity index (χ1) is 5.06. The summed E-state index contributed by atoms with van der Waals surface area (Å²) in [6, 6.07) is 0. The average molecular weight is 166 g/mol. The van der Waals surface area contributed by atoms with Gasteiger partial charge in [0.05, 0.1) is 0 Å². The molecule has 0 atom stereocenters. The van der Waals surface area contributed by atoms with Crippen molar-refractivity contribution in [3.8, 4) is 11.5 Å². The van der Waals surface area contributed by atoms with Crippen LogP contribution < -0.4 is 0 Å². The Bertz CT molecular complexity index is 173. The van der Waals surface area contributed by atoms with Gasteiger partial charge in [0, 0.05) is 0 Å². The second-order valence-electron chi connectivity index (χ2n) is 3.71. The summed E-state index contributed by atoms with van der Waals surface area (Å²) in [4.78, 5) is 0. The molecule has 0 bridgehead atoms. The highest BCUT2D eigenvalue weighted by molar-refractivity contribution is 6.83. The molecule has 62 valence electrons. The van der Waals surface area contributed by atoms with Gasteiger partial charge in [0.25, 0.3) is 0 Å². The first-order valence-corrected chi connectivity index (χ1v) is 7.74. The summed E-state index contributed by atoms with van der Waals surface area (Å²) < 4.78 is 0. The molecule has 0 aromatic carbocycles. The number of allylic oxidation sites excluding steroid dienone is 2. The Balaban J connectivity index is 3.72. The molecule has 0 nitrogen and oxygen atoms in total. The highest BCUT2D eigenvalue weighted by Gasteiger charge is 2.06. The van der Waals surface area contributed by atoms with Crippen molar-refractivity contribution >= 4 is 8.07 Å². The minimum atomic E-state index is -1.13. The summed E-state index contributed by atoms with van der Waals surface area (Å²) in [6.45, 7) is 8.95. The van der Waals surface area contributed by atoms with Crippen LogP contribution in [0.4, 0.5) is 0 Å². The quantitative estimate of drug-likeness (QED) is 0.436. The maximum Gasteiger partial charge on any atom is 0.129 e. The lowest BCUT2D eigenvalue weighted by atomic mass is 10.3. The van der Waals surface area contributed by atoms with E-state index in [1.165, 1.54) is 6.42 Å². The Morgan fingerprint density at radius 3 is 2.36 bits per heavy atom. The van der Waals surface area contributed by atoms with Crippen LogP contribution in [0.15, 0.2) is 12.2 Å². The van der Waals surface area contributed by atoms with Crippen LogP contribution in [-0.2, 0) is 0 Å². The molecule has 0 fully saturated rings. The van der Waals surface area contributed by atoms with Crippen molar-refractivity contribution in [1.29, 1.82) is 0 Å². The van der Waals surface area contributed by atoms with Crippen LogP contribution in [0.5, 0.6) is 0 Å². The number of hydrogen-bond donors (Lipinski definition) is 0. The Morgan fingerprint density at radius 2 is 1.91 bits per heavy atom. The zero-order chi connectivity index (χ0) is 8.74. The van der Waals surface area contributed by atoms with Crippen molar-refractivity contribution in [3.05, 3.63) is 12.2 Å². The predicted molar refractivity (Wildman–Crippen MR) is 55.2 cm³/mol. The predicted octanol–water partition coefficient (Wildman–Crippen LogP) is 3.22. The molecule has 0 aromatic heterocycles. The summed E-state index contributed by atoms with van der Waals surface area (Å²) in [5, 5.41) is 0.